The summed E-state index contributed by atoms with van der Waals surface area (Å²) in [4.78, 5) is 29.7. The molecule has 0 radical (unpaired) electrons. The van der Waals surface area contributed by atoms with Crippen molar-refractivity contribution in [3.63, 3.8) is 0 Å². The van der Waals surface area contributed by atoms with Crippen LogP contribution >= 0.6 is 11.3 Å². The van der Waals surface area contributed by atoms with E-state index in [2.05, 4.69) is 10.3 Å². The molecule has 2 N–H and O–H groups in total. The van der Waals surface area contributed by atoms with E-state index >= 15 is 0 Å². The van der Waals surface area contributed by atoms with Gasteiger partial charge in [0.05, 0.1) is 21.7 Å². The van der Waals surface area contributed by atoms with Gasteiger partial charge in [0.15, 0.2) is 0 Å². The number of carbonyl (C=O) groups excluding carboxylic acids is 1. The number of thiazole rings is 1. The number of halogens is 1. The van der Waals surface area contributed by atoms with Crippen LogP contribution in [0.4, 0.5) is 9.18 Å². The number of hydrogen-bond donors (Lipinski definition) is 2. The van der Waals surface area contributed by atoms with Crippen LogP contribution in [0.15, 0.2) is 18.2 Å². The van der Waals surface area contributed by atoms with E-state index < -0.39 is 11.5 Å². The summed E-state index contributed by atoms with van der Waals surface area (Å²) in [6.07, 6.45) is -1.05. The minimum absolute atomic E-state index is 0.0869. The molecule has 26 heavy (non-hydrogen) atoms. The minimum Gasteiger partial charge on any atom is -0.465 e. The van der Waals surface area contributed by atoms with Gasteiger partial charge in [-0.05, 0) is 52.8 Å². The van der Waals surface area contributed by atoms with Crippen molar-refractivity contribution in [2.75, 3.05) is 6.54 Å². The van der Waals surface area contributed by atoms with Crippen molar-refractivity contribution in [1.29, 1.82) is 0 Å². The van der Waals surface area contributed by atoms with Gasteiger partial charge in [-0.2, -0.15) is 0 Å². The zero-order chi connectivity index (χ0) is 19.6. The van der Waals surface area contributed by atoms with E-state index in [1.54, 1.807) is 40.7 Å². The van der Waals surface area contributed by atoms with Gasteiger partial charge in [0.2, 0.25) is 5.91 Å². The van der Waals surface area contributed by atoms with Crippen molar-refractivity contribution in [3.8, 4) is 0 Å². The Hall–Kier alpha value is -2.22. The maximum Gasteiger partial charge on any atom is 0.407 e. The van der Waals surface area contributed by atoms with Gasteiger partial charge in [-0.3, -0.25) is 4.79 Å². The van der Waals surface area contributed by atoms with Crippen molar-refractivity contribution in [2.24, 2.45) is 5.41 Å². The van der Waals surface area contributed by atoms with E-state index in [9.17, 15) is 19.1 Å². The van der Waals surface area contributed by atoms with Gasteiger partial charge in [-0.1, -0.05) is 0 Å². The highest BCUT2D eigenvalue weighted by atomic mass is 32.1. The SMILES string of the molecule is CC(NC(=O)C(C)(C)CN(C(=O)O)C(C)C)c1nc2ccc(F)cc2s1. The maximum absolute atomic E-state index is 13.3. The first kappa shape index (κ1) is 20.1. The summed E-state index contributed by atoms with van der Waals surface area (Å²) in [5.74, 6) is -0.588. The summed E-state index contributed by atoms with van der Waals surface area (Å²) in [5.41, 5.74) is -0.219. The van der Waals surface area contributed by atoms with Crippen LogP contribution in [0.25, 0.3) is 10.2 Å². The van der Waals surface area contributed by atoms with Gasteiger partial charge < -0.3 is 15.3 Å². The summed E-state index contributed by atoms with van der Waals surface area (Å²) in [5, 5.41) is 12.9. The lowest BCUT2D eigenvalue weighted by Crippen LogP contribution is -2.49. The Balaban J connectivity index is 2.12. The van der Waals surface area contributed by atoms with Crippen LogP contribution in [0.2, 0.25) is 0 Å². The van der Waals surface area contributed by atoms with E-state index in [-0.39, 0.29) is 30.4 Å². The molecule has 0 aliphatic heterocycles. The lowest BCUT2D eigenvalue weighted by atomic mass is 9.90. The van der Waals surface area contributed by atoms with Crippen LogP contribution in [0.5, 0.6) is 0 Å². The normalized spacial score (nSPS) is 13.0. The van der Waals surface area contributed by atoms with E-state index in [0.717, 1.165) is 4.70 Å². The summed E-state index contributed by atoms with van der Waals surface area (Å²) in [7, 11) is 0. The Labute approximate surface area is 156 Å². The molecule has 1 atom stereocenters. The first-order chi connectivity index (χ1) is 12.0. The molecule has 6 nitrogen and oxygen atoms in total. The first-order valence-corrected chi connectivity index (χ1v) is 9.19. The van der Waals surface area contributed by atoms with Crippen LogP contribution < -0.4 is 5.32 Å². The molecule has 1 unspecified atom stereocenters. The van der Waals surface area contributed by atoms with Crippen LogP contribution in [-0.4, -0.2) is 39.6 Å². The van der Waals surface area contributed by atoms with Gasteiger partial charge in [0.25, 0.3) is 0 Å². The Morgan fingerprint density at radius 2 is 2.00 bits per heavy atom. The van der Waals surface area contributed by atoms with Crippen molar-refractivity contribution in [2.45, 2.75) is 46.7 Å². The molecule has 0 aliphatic carbocycles. The number of fused-ring (bicyclic) bond motifs is 1. The van der Waals surface area contributed by atoms with Gasteiger partial charge in [0.1, 0.15) is 10.8 Å². The lowest BCUT2D eigenvalue weighted by Gasteiger charge is -2.33. The van der Waals surface area contributed by atoms with Crippen molar-refractivity contribution in [3.05, 3.63) is 29.0 Å². The number of benzene rings is 1. The highest BCUT2D eigenvalue weighted by molar-refractivity contribution is 7.18. The van der Waals surface area contributed by atoms with Crippen LogP contribution in [-0.2, 0) is 4.79 Å². The largest absolute Gasteiger partial charge is 0.465 e. The monoisotopic (exact) mass is 381 g/mol. The molecule has 2 amide bonds. The first-order valence-electron chi connectivity index (χ1n) is 8.38. The molecule has 1 heterocycles. The fraction of sp³-hybridized carbons (Fsp3) is 0.500. The molecule has 0 bridgehead atoms. The summed E-state index contributed by atoms with van der Waals surface area (Å²) in [6.45, 7) is 8.85. The number of nitrogens with zero attached hydrogens (tertiary/aromatic N) is 2. The second-order valence-corrected chi connectivity index (χ2v) is 8.31. The zero-order valence-corrected chi connectivity index (χ0v) is 16.4. The molecule has 0 spiro atoms. The Bertz CT molecular complexity index is 819. The molecule has 142 valence electrons. The predicted molar refractivity (Wildman–Crippen MR) is 99.8 cm³/mol. The number of amides is 2. The van der Waals surface area contributed by atoms with Gasteiger partial charge >= 0.3 is 6.09 Å². The van der Waals surface area contributed by atoms with Crippen molar-refractivity contribution < 1.29 is 19.1 Å². The minimum atomic E-state index is -1.05. The maximum atomic E-state index is 13.3. The van der Waals surface area contributed by atoms with Crippen molar-refractivity contribution >= 4 is 33.6 Å². The number of nitrogens with one attached hydrogen (secondary N) is 1. The molecule has 1 aromatic carbocycles. The average molecular weight is 381 g/mol. The fourth-order valence-electron chi connectivity index (χ4n) is 2.52. The second-order valence-electron chi connectivity index (χ2n) is 7.25. The Morgan fingerprint density at radius 3 is 2.58 bits per heavy atom. The smallest absolute Gasteiger partial charge is 0.407 e. The molecular formula is C18H24FN3O3S. The summed E-state index contributed by atoms with van der Waals surface area (Å²) in [6, 6.07) is 3.79. The fourth-order valence-corrected chi connectivity index (χ4v) is 3.52. The van der Waals surface area contributed by atoms with E-state index in [0.29, 0.717) is 10.5 Å². The zero-order valence-electron chi connectivity index (χ0n) is 15.5. The molecule has 2 aromatic rings. The molecule has 0 saturated carbocycles. The quantitative estimate of drug-likeness (QED) is 0.791. The number of aromatic nitrogens is 1. The van der Waals surface area contributed by atoms with Crippen LogP contribution in [0.3, 0.4) is 0 Å². The predicted octanol–water partition coefficient (Wildman–Crippen LogP) is 4.03. The number of carboxylic acid groups (broad SMARTS) is 1. The lowest BCUT2D eigenvalue weighted by molar-refractivity contribution is -0.130. The van der Waals surface area contributed by atoms with E-state index in [1.807, 2.05) is 0 Å². The van der Waals surface area contributed by atoms with Gasteiger partial charge in [0, 0.05) is 12.6 Å². The summed E-state index contributed by atoms with van der Waals surface area (Å²) < 4.78 is 14.0. The molecule has 0 saturated heterocycles. The standard InChI is InChI=1S/C18H24FN3O3S/c1-10(2)22(17(24)25)9-18(4,5)16(23)20-11(3)15-21-13-7-6-12(19)8-14(13)26-15/h6-8,10-11H,9H2,1-5H3,(H,20,23)(H,24,25). The van der Waals surface area contributed by atoms with Crippen LogP contribution in [0.1, 0.15) is 45.7 Å². The Kier molecular flexibility index (Phi) is 5.85. The molecule has 8 heteroatoms. The molecule has 1 aromatic heterocycles. The molecule has 2 rings (SSSR count). The van der Waals surface area contributed by atoms with E-state index in [1.165, 1.54) is 28.4 Å². The number of hydrogen-bond acceptors (Lipinski definition) is 4. The van der Waals surface area contributed by atoms with Gasteiger partial charge in [-0.15, -0.1) is 11.3 Å². The third kappa shape index (κ3) is 4.49. The van der Waals surface area contributed by atoms with Crippen molar-refractivity contribution in [1.82, 2.24) is 15.2 Å². The topological polar surface area (TPSA) is 82.5 Å². The second kappa shape index (κ2) is 7.57. The molecule has 0 fully saturated rings. The summed E-state index contributed by atoms with van der Waals surface area (Å²) >= 11 is 1.33. The number of rotatable bonds is 6. The highest BCUT2D eigenvalue weighted by Gasteiger charge is 2.34. The highest BCUT2D eigenvalue weighted by Crippen LogP contribution is 2.28. The third-order valence-corrected chi connectivity index (χ3v) is 5.34. The van der Waals surface area contributed by atoms with E-state index in [4.69, 9.17) is 0 Å². The number of carbonyl (C=O) groups is 2. The Morgan fingerprint density at radius 1 is 1.35 bits per heavy atom. The molecule has 0 aliphatic rings. The third-order valence-electron chi connectivity index (χ3n) is 4.13. The van der Waals surface area contributed by atoms with Gasteiger partial charge in [-0.25, -0.2) is 14.2 Å². The molecular weight excluding hydrogens is 357 g/mol. The average Bonchev–Trinajstić information content (AvgIpc) is 2.95. The van der Waals surface area contributed by atoms with Crippen LogP contribution in [0, 0.1) is 11.2 Å².